The summed E-state index contributed by atoms with van der Waals surface area (Å²) in [5.74, 6) is 0. The van der Waals surface area contributed by atoms with E-state index in [4.69, 9.17) is 0 Å². The van der Waals surface area contributed by atoms with Crippen molar-refractivity contribution in [1.29, 1.82) is 0 Å². The quantitative estimate of drug-likeness (QED) is 0.610. The molecule has 2 unspecified atom stereocenters. The Bertz CT molecular complexity index is 707. The third kappa shape index (κ3) is 2.39. The predicted molar refractivity (Wildman–Crippen MR) is 91.4 cm³/mol. The van der Waals surface area contributed by atoms with Gasteiger partial charge in [-0.05, 0) is 0 Å². The molecule has 2 aromatic carbocycles. The molecule has 1 heteroatoms. The Morgan fingerprint density at radius 3 is 1.82 bits per heavy atom. The van der Waals surface area contributed by atoms with Crippen LogP contribution in [0.25, 0.3) is 12.2 Å². The molecule has 2 aliphatic rings. The Balaban J connectivity index is 1.73. The van der Waals surface area contributed by atoms with Crippen LogP contribution in [-0.2, 0) is 27.4 Å². The summed E-state index contributed by atoms with van der Waals surface area (Å²) in [4.78, 5) is 0. The first-order chi connectivity index (χ1) is 10.9. The molecule has 0 amide bonds. The maximum atomic E-state index is 4.06. The second-order valence-electron chi connectivity index (χ2n) is 6.22. The van der Waals surface area contributed by atoms with Gasteiger partial charge >= 0.3 is 144 Å². The summed E-state index contributed by atoms with van der Waals surface area (Å²) in [6.07, 6.45) is 11.8. The van der Waals surface area contributed by atoms with E-state index < -0.39 is 27.4 Å². The van der Waals surface area contributed by atoms with Crippen LogP contribution < -0.4 is 0 Å². The zero-order valence-corrected chi connectivity index (χ0v) is 15.5. The molecule has 4 rings (SSSR count). The molecule has 0 N–H and O–H groups in total. The van der Waals surface area contributed by atoms with Crippen LogP contribution in [0.15, 0.2) is 73.3 Å². The molecule has 0 nitrogen and oxygen atoms in total. The summed E-state index contributed by atoms with van der Waals surface area (Å²) in [5.41, 5.74) is 5.97. The fourth-order valence-electron chi connectivity index (χ4n) is 4.01. The average Bonchev–Trinajstić information content (AvgIpc) is 3.17. The first-order valence-corrected chi connectivity index (χ1v) is 13.3. The molecule has 22 heavy (non-hydrogen) atoms. The van der Waals surface area contributed by atoms with E-state index in [0.29, 0.717) is 5.46 Å². The number of fused-ring (bicyclic) bond motifs is 2. The molecule has 0 aromatic heterocycles. The van der Waals surface area contributed by atoms with Gasteiger partial charge in [0, 0.05) is 0 Å². The Labute approximate surface area is 143 Å². The third-order valence-corrected chi connectivity index (χ3v) is 14.6. The number of hydrogen-bond donors (Lipinski definition) is 0. The predicted octanol–water partition coefficient (Wildman–Crippen LogP) is 5.75. The maximum absolute atomic E-state index is 4.06. The van der Waals surface area contributed by atoms with Crippen molar-refractivity contribution in [3.63, 3.8) is 0 Å². The Hall–Kier alpha value is -1.24. The molecule has 0 radical (unpaired) electrons. The van der Waals surface area contributed by atoms with Gasteiger partial charge in [0.05, 0.1) is 0 Å². The molecule has 2 aromatic rings. The van der Waals surface area contributed by atoms with Crippen molar-refractivity contribution < 1.29 is 27.4 Å². The van der Waals surface area contributed by atoms with Crippen LogP contribution in [0.5, 0.6) is 0 Å². The van der Waals surface area contributed by atoms with Crippen molar-refractivity contribution in [1.82, 2.24) is 0 Å². The van der Waals surface area contributed by atoms with E-state index in [1.54, 1.807) is 11.1 Å². The summed E-state index contributed by atoms with van der Waals surface area (Å²) < 4.78 is 2.63. The van der Waals surface area contributed by atoms with Gasteiger partial charge in [0.25, 0.3) is 0 Å². The van der Waals surface area contributed by atoms with Gasteiger partial charge in [-0.3, -0.25) is 0 Å². The van der Waals surface area contributed by atoms with E-state index in [9.17, 15) is 0 Å². The van der Waals surface area contributed by atoms with E-state index in [2.05, 4.69) is 85.5 Å². The zero-order chi connectivity index (χ0) is 14.9. The molecule has 0 spiro atoms. The summed E-state index contributed by atoms with van der Waals surface area (Å²) in [6.45, 7) is 4.06. The normalized spacial score (nSPS) is 20.7. The van der Waals surface area contributed by atoms with E-state index in [1.165, 1.54) is 14.4 Å². The van der Waals surface area contributed by atoms with Crippen LogP contribution in [-0.4, -0.2) is 0 Å². The molecule has 0 aliphatic heterocycles. The van der Waals surface area contributed by atoms with Gasteiger partial charge in [0.2, 0.25) is 0 Å². The standard InChI is InChI=1S/2C9H7.C3H5.Y/c2*1-2-5-9-7-3-6-8(9)4-1;1-3-2;/h2*1-7H;3H,1-2H2;. The first-order valence-electron chi connectivity index (χ1n) is 8.03. The van der Waals surface area contributed by atoms with Crippen molar-refractivity contribution in [2.24, 2.45) is 0 Å². The number of hydrogen-bond acceptors (Lipinski definition) is 0. The molecule has 2 atom stereocenters. The molecular formula is C21H19Y. The number of rotatable bonds is 4. The van der Waals surface area contributed by atoms with Crippen LogP contribution in [0.1, 0.15) is 27.7 Å². The molecule has 0 heterocycles. The van der Waals surface area contributed by atoms with Gasteiger partial charge in [-0.15, -0.1) is 0 Å². The van der Waals surface area contributed by atoms with Crippen molar-refractivity contribution >= 4 is 12.2 Å². The molecule has 0 fully saturated rings. The average molecular weight is 360 g/mol. The molecule has 0 bridgehead atoms. The van der Waals surface area contributed by atoms with Crippen LogP contribution in [0.4, 0.5) is 0 Å². The van der Waals surface area contributed by atoms with Gasteiger partial charge in [0.1, 0.15) is 0 Å². The van der Waals surface area contributed by atoms with Gasteiger partial charge in [-0.2, -0.15) is 0 Å². The van der Waals surface area contributed by atoms with Gasteiger partial charge in [-0.25, -0.2) is 0 Å². The molecule has 106 valence electrons. The van der Waals surface area contributed by atoms with Gasteiger partial charge in [-0.1, -0.05) is 0 Å². The molecule has 2 aliphatic carbocycles. The van der Waals surface area contributed by atoms with Crippen LogP contribution >= 0.6 is 0 Å². The Morgan fingerprint density at radius 1 is 0.818 bits per heavy atom. The van der Waals surface area contributed by atoms with E-state index in [-0.39, 0.29) is 0 Å². The summed E-state index contributed by atoms with van der Waals surface area (Å²) in [5, 5.41) is 0. The van der Waals surface area contributed by atoms with E-state index in [1.807, 2.05) is 0 Å². The fourth-order valence-corrected chi connectivity index (χ4v) is 13.2. The first kappa shape index (κ1) is 14.4. The number of benzene rings is 2. The topological polar surface area (TPSA) is 0 Å². The monoisotopic (exact) mass is 360 g/mol. The number of allylic oxidation sites excluding steroid dienone is 3. The summed E-state index contributed by atoms with van der Waals surface area (Å²) in [7, 11) is 0. The van der Waals surface area contributed by atoms with E-state index >= 15 is 0 Å². The molecular weight excluding hydrogens is 341 g/mol. The SMILES string of the molecule is C=C[CH2][Y]([CH]1C=Cc2ccccc21)[CH]1C=Cc2ccccc21. The molecule has 0 saturated heterocycles. The fraction of sp³-hybridized carbons (Fsp3) is 0.143. The summed E-state index contributed by atoms with van der Waals surface area (Å²) >= 11 is -1.95. The van der Waals surface area contributed by atoms with Crippen LogP contribution in [0, 0.1) is 0 Å². The third-order valence-electron chi connectivity index (χ3n) is 5.04. The zero-order valence-electron chi connectivity index (χ0n) is 12.7. The van der Waals surface area contributed by atoms with E-state index in [0.717, 1.165) is 0 Å². The Morgan fingerprint density at radius 2 is 1.32 bits per heavy atom. The van der Waals surface area contributed by atoms with Crippen molar-refractivity contribution in [2.45, 2.75) is 8.69 Å². The Kier molecular flexibility index (Phi) is 3.98. The second-order valence-corrected chi connectivity index (χ2v) is 14.2. The van der Waals surface area contributed by atoms with Crippen LogP contribution in [0.2, 0.25) is 3.23 Å². The minimum atomic E-state index is -1.95. The van der Waals surface area contributed by atoms with Gasteiger partial charge < -0.3 is 0 Å². The second kappa shape index (κ2) is 6.10. The van der Waals surface area contributed by atoms with Gasteiger partial charge in [0.15, 0.2) is 0 Å². The summed E-state index contributed by atoms with van der Waals surface area (Å²) in [6, 6.07) is 17.8. The minimum absolute atomic E-state index is 0.691. The van der Waals surface area contributed by atoms with Crippen molar-refractivity contribution in [3.8, 4) is 0 Å². The van der Waals surface area contributed by atoms with Crippen LogP contribution in [0.3, 0.4) is 0 Å². The van der Waals surface area contributed by atoms with Crippen molar-refractivity contribution in [3.05, 3.63) is 95.6 Å². The van der Waals surface area contributed by atoms with Crippen molar-refractivity contribution in [2.75, 3.05) is 0 Å². The molecule has 0 saturated carbocycles.